The summed E-state index contributed by atoms with van der Waals surface area (Å²) in [6.07, 6.45) is 0. The minimum Gasteiger partial charge on any atom is -0.379 e. The predicted octanol–water partition coefficient (Wildman–Crippen LogP) is 3.35. The molecule has 0 amide bonds. The van der Waals surface area contributed by atoms with Gasteiger partial charge in [-0.25, -0.2) is 4.98 Å². The standard InChI is InChI=1S/C17H21N5/c1-11-8-16(21-22(11)4)10-18-15-7-5-6-14(9-15)17-19-12(2)13(3)20-17/h5-9,18H,10H2,1-4H3,(H,19,20). The fraction of sp³-hybridized carbons (Fsp3) is 0.294. The number of aryl methyl sites for hydroxylation is 4. The van der Waals surface area contributed by atoms with Crippen LogP contribution >= 0.6 is 0 Å². The van der Waals surface area contributed by atoms with E-state index in [9.17, 15) is 0 Å². The van der Waals surface area contributed by atoms with Gasteiger partial charge in [0.2, 0.25) is 0 Å². The van der Waals surface area contributed by atoms with Gasteiger partial charge in [0.05, 0.1) is 17.9 Å². The first-order valence-corrected chi connectivity index (χ1v) is 7.40. The Hall–Kier alpha value is -2.56. The summed E-state index contributed by atoms with van der Waals surface area (Å²) in [5, 5.41) is 7.87. The Balaban J connectivity index is 1.76. The lowest BCUT2D eigenvalue weighted by atomic mass is 10.2. The van der Waals surface area contributed by atoms with Crippen molar-refractivity contribution in [3.05, 3.63) is 53.1 Å². The number of aromatic amines is 1. The average molecular weight is 295 g/mol. The summed E-state index contributed by atoms with van der Waals surface area (Å²) in [5.74, 6) is 0.910. The van der Waals surface area contributed by atoms with Gasteiger partial charge in [-0.2, -0.15) is 5.10 Å². The molecule has 114 valence electrons. The van der Waals surface area contributed by atoms with Crippen LogP contribution in [-0.4, -0.2) is 19.7 Å². The Kier molecular flexibility index (Phi) is 3.71. The van der Waals surface area contributed by atoms with Gasteiger partial charge >= 0.3 is 0 Å². The van der Waals surface area contributed by atoms with Crippen molar-refractivity contribution >= 4 is 5.69 Å². The quantitative estimate of drug-likeness (QED) is 0.776. The third-order valence-electron chi connectivity index (χ3n) is 3.90. The van der Waals surface area contributed by atoms with Crippen molar-refractivity contribution in [3.63, 3.8) is 0 Å². The summed E-state index contributed by atoms with van der Waals surface area (Å²) in [6.45, 7) is 6.82. The van der Waals surface area contributed by atoms with Crippen molar-refractivity contribution in [2.45, 2.75) is 27.3 Å². The van der Waals surface area contributed by atoms with Crippen LogP contribution < -0.4 is 5.32 Å². The fourth-order valence-corrected chi connectivity index (χ4v) is 2.37. The highest BCUT2D eigenvalue weighted by molar-refractivity contribution is 5.63. The lowest BCUT2D eigenvalue weighted by Gasteiger charge is -2.06. The molecular weight excluding hydrogens is 274 g/mol. The van der Waals surface area contributed by atoms with Gasteiger partial charge in [0.25, 0.3) is 0 Å². The summed E-state index contributed by atoms with van der Waals surface area (Å²) >= 11 is 0. The molecule has 2 aromatic heterocycles. The van der Waals surface area contributed by atoms with E-state index in [4.69, 9.17) is 0 Å². The van der Waals surface area contributed by atoms with Crippen molar-refractivity contribution in [2.75, 3.05) is 5.32 Å². The molecule has 0 atom stereocenters. The molecule has 2 heterocycles. The summed E-state index contributed by atoms with van der Waals surface area (Å²) in [5.41, 5.74) is 6.49. The summed E-state index contributed by atoms with van der Waals surface area (Å²) in [7, 11) is 1.96. The second-order valence-electron chi connectivity index (χ2n) is 5.63. The van der Waals surface area contributed by atoms with Crippen molar-refractivity contribution in [2.24, 2.45) is 7.05 Å². The van der Waals surface area contributed by atoms with Crippen molar-refractivity contribution in [3.8, 4) is 11.4 Å². The topological polar surface area (TPSA) is 58.5 Å². The molecule has 0 aliphatic carbocycles. The monoisotopic (exact) mass is 295 g/mol. The second kappa shape index (κ2) is 5.67. The number of benzene rings is 1. The first-order valence-electron chi connectivity index (χ1n) is 7.40. The maximum Gasteiger partial charge on any atom is 0.137 e. The molecule has 3 aromatic rings. The molecule has 0 bridgehead atoms. The molecule has 5 heteroatoms. The van der Waals surface area contributed by atoms with Crippen molar-refractivity contribution < 1.29 is 0 Å². The zero-order chi connectivity index (χ0) is 15.7. The molecule has 0 aliphatic heterocycles. The molecule has 0 unspecified atom stereocenters. The van der Waals surface area contributed by atoms with Crippen LogP contribution in [-0.2, 0) is 13.6 Å². The fourth-order valence-electron chi connectivity index (χ4n) is 2.37. The maximum absolute atomic E-state index is 4.56. The summed E-state index contributed by atoms with van der Waals surface area (Å²) in [4.78, 5) is 7.87. The minimum atomic E-state index is 0.710. The zero-order valence-electron chi connectivity index (χ0n) is 13.4. The number of H-pyrrole nitrogens is 1. The van der Waals surface area contributed by atoms with Crippen LogP contribution in [0.3, 0.4) is 0 Å². The molecule has 0 saturated carbocycles. The lowest BCUT2D eigenvalue weighted by Crippen LogP contribution is -2.01. The Bertz CT molecular complexity index is 758. The molecule has 22 heavy (non-hydrogen) atoms. The van der Waals surface area contributed by atoms with E-state index in [1.54, 1.807) is 0 Å². The lowest BCUT2D eigenvalue weighted by molar-refractivity contribution is 0.724. The van der Waals surface area contributed by atoms with Crippen molar-refractivity contribution in [1.29, 1.82) is 0 Å². The minimum absolute atomic E-state index is 0.710. The van der Waals surface area contributed by atoms with Crippen LogP contribution in [0.15, 0.2) is 30.3 Å². The zero-order valence-corrected chi connectivity index (χ0v) is 13.4. The van der Waals surface area contributed by atoms with Gasteiger partial charge < -0.3 is 10.3 Å². The molecule has 3 rings (SSSR count). The van der Waals surface area contributed by atoms with E-state index < -0.39 is 0 Å². The van der Waals surface area contributed by atoms with Crippen molar-refractivity contribution in [1.82, 2.24) is 19.7 Å². The van der Waals surface area contributed by atoms with Gasteiger partial charge in [-0.3, -0.25) is 4.68 Å². The van der Waals surface area contributed by atoms with Gasteiger partial charge in [-0.05, 0) is 39.0 Å². The second-order valence-corrected chi connectivity index (χ2v) is 5.63. The predicted molar refractivity (Wildman–Crippen MR) is 88.8 cm³/mol. The van der Waals surface area contributed by atoms with E-state index in [1.165, 1.54) is 0 Å². The molecule has 0 fully saturated rings. The van der Waals surface area contributed by atoms with Gasteiger partial charge in [-0.1, -0.05) is 12.1 Å². The van der Waals surface area contributed by atoms with Crippen LogP contribution in [0.25, 0.3) is 11.4 Å². The van der Waals surface area contributed by atoms with Gasteiger partial charge in [-0.15, -0.1) is 0 Å². The first-order chi connectivity index (χ1) is 10.5. The number of hydrogen-bond acceptors (Lipinski definition) is 3. The van der Waals surface area contributed by atoms with Crippen LogP contribution in [0.5, 0.6) is 0 Å². The van der Waals surface area contributed by atoms with Gasteiger partial charge in [0.1, 0.15) is 5.82 Å². The molecule has 0 aliphatic rings. The Morgan fingerprint density at radius 3 is 2.64 bits per heavy atom. The highest BCUT2D eigenvalue weighted by Crippen LogP contribution is 2.21. The van der Waals surface area contributed by atoms with Crippen LogP contribution in [0.1, 0.15) is 22.8 Å². The third kappa shape index (κ3) is 2.88. The van der Waals surface area contributed by atoms with E-state index in [0.717, 1.165) is 39.9 Å². The summed E-state index contributed by atoms with van der Waals surface area (Å²) in [6, 6.07) is 10.4. The largest absolute Gasteiger partial charge is 0.379 e. The van der Waals surface area contributed by atoms with Gasteiger partial charge in [0.15, 0.2) is 0 Å². The molecule has 0 spiro atoms. The Morgan fingerprint density at radius 1 is 1.18 bits per heavy atom. The number of rotatable bonds is 4. The molecule has 1 aromatic carbocycles. The van der Waals surface area contributed by atoms with Crippen LogP contribution in [0, 0.1) is 20.8 Å². The third-order valence-corrected chi connectivity index (χ3v) is 3.90. The smallest absolute Gasteiger partial charge is 0.137 e. The van der Waals surface area contributed by atoms with E-state index >= 15 is 0 Å². The highest BCUT2D eigenvalue weighted by atomic mass is 15.3. The van der Waals surface area contributed by atoms with E-state index in [2.05, 4.69) is 51.6 Å². The van der Waals surface area contributed by atoms with Crippen LogP contribution in [0.2, 0.25) is 0 Å². The molecular formula is C17H21N5. The SMILES string of the molecule is Cc1nc(-c2cccc(NCc3cc(C)n(C)n3)c2)[nH]c1C. The molecule has 5 nitrogen and oxygen atoms in total. The number of imidazole rings is 1. The average Bonchev–Trinajstić information content (AvgIpc) is 3.00. The number of aromatic nitrogens is 4. The number of nitrogens with one attached hydrogen (secondary N) is 2. The van der Waals surface area contributed by atoms with E-state index in [-0.39, 0.29) is 0 Å². The van der Waals surface area contributed by atoms with Gasteiger partial charge in [0, 0.05) is 29.7 Å². The maximum atomic E-state index is 4.56. The summed E-state index contributed by atoms with van der Waals surface area (Å²) < 4.78 is 1.89. The Labute approximate surface area is 130 Å². The van der Waals surface area contributed by atoms with E-state index in [1.807, 2.05) is 31.6 Å². The molecule has 2 N–H and O–H groups in total. The van der Waals surface area contributed by atoms with E-state index in [0.29, 0.717) is 6.54 Å². The first kappa shape index (κ1) is 14.4. The van der Waals surface area contributed by atoms with Crippen LogP contribution in [0.4, 0.5) is 5.69 Å². The molecule has 0 radical (unpaired) electrons. The normalized spacial score (nSPS) is 10.9. The number of hydrogen-bond donors (Lipinski definition) is 2. The molecule has 0 saturated heterocycles. The Morgan fingerprint density at radius 2 is 2.00 bits per heavy atom. The number of nitrogens with zero attached hydrogens (tertiary/aromatic N) is 3. The number of anilines is 1. The highest BCUT2D eigenvalue weighted by Gasteiger charge is 2.06.